The lowest BCUT2D eigenvalue weighted by molar-refractivity contribution is 1.18. The molecule has 0 bridgehead atoms. The maximum absolute atomic E-state index is 4.68. The molecule has 0 unspecified atom stereocenters. The van der Waals surface area contributed by atoms with Crippen LogP contribution < -0.4 is 0 Å². The Kier molecular flexibility index (Phi) is 5.50. The lowest BCUT2D eigenvalue weighted by Crippen LogP contribution is -1.94. The fourth-order valence-electron chi connectivity index (χ4n) is 9.04. The van der Waals surface area contributed by atoms with Crippen molar-refractivity contribution in [1.29, 1.82) is 0 Å². The molecule has 240 valence electrons. The van der Waals surface area contributed by atoms with E-state index in [1.807, 2.05) is 6.20 Å². The molecule has 12 rings (SSSR count). The predicted octanol–water partition coefficient (Wildman–Crippen LogP) is 12.9. The van der Waals surface area contributed by atoms with Crippen molar-refractivity contribution in [3.05, 3.63) is 176 Å². The minimum absolute atomic E-state index is 1.05. The van der Waals surface area contributed by atoms with Gasteiger partial charge in [0.05, 0.1) is 27.6 Å². The molecule has 0 amide bonds. The third-order valence-electron chi connectivity index (χ3n) is 11.3. The molecule has 3 nitrogen and oxygen atoms in total. The second-order valence-corrected chi connectivity index (χ2v) is 14.0. The molecule has 0 fully saturated rings. The van der Waals surface area contributed by atoms with Crippen molar-refractivity contribution in [2.75, 3.05) is 0 Å². The smallest absolute Gasteiger partial charge is 0.0714 e. The summed E-state index contributed by atoms with van der Waals surface area (Å²) in [6.45, 7) is 0. The molecule has 3 heteroatoms. The van der Waals surface area contributed by atoms with Crippen LogP contribution in [0.15, 0.2) is 176 Å². The Bertz CT molecular complexity index is 3280. The molecule has 3 aromatic heterocycles. The summed E-state index contributed by atoms with van der Waals surface area (Å²) in [6, 6.07) is 62.3. The first-order valence-electron chi connectivity index (χ1n) is 17.9. The maximum atomic E-state index is 4.68. The van der Waals surface area contributed by atoms with Crippen LogP contribution in [0.2, 0.25) is 0 Å². The highest BCUT2D eigenvalue weighted by molar-refractivity contribution is 6.22. The number of pyridine rings is 1. The Morgan fingerprint density at radius 3 is 1.92 bits per heavy atom. The molecular formula is C49H29N3. The van der Waals surface area contributed by atoms with E-state index in [1.165, 1.54) is 98.8 Å². The van der Waals surface area contributed by atoms with E-state index in [2.05, 4.69) is 184 Å². The van der Waals surface area contributed by atoms with Gasteiger partial charge in [0.15, 0.2) is 0 Å². The van der Waals surface area contributed by atoms with Crippen molar-refractivity contribution in [2.24, 2.45) is 0 Å². The van der Waals surface area contributed by atoms with Gasteiger partial charge in [0.2, 0.25) is 0 Å². The van der Waals surface area contributed by atoms with Gasteiger partial charge in [-0.25, -0.2) is 0 Å². The van der Waals surface area contributed by atoms with Crippen molar-refractivity contribution in [3.8, 4) is 44.8 Å². The van der Waals surface area contributed by atoms with Crippen LogP contribution in [0.4, 0.5) is 0 Å². The summed E-state index contributed by atoms with van der Waals surface area (Å²) in [7, 11) is 0. The summed E-state index contributed by atoms with van der Waals surface area (Å²) >= 11 is 0. The van der Waals surface area contributed by atoms with E-state index < -0.39 is 0 Å². The molecule has 1 aliphatic rings. The highest BCUT2D eigenvalue weighted by Gasteiger charge is 2.24. The molecule has 52 heavy (non-hydrogen) atoms. The topological polar surface area (TPSA) is 22.8 Å². The largest absolute Gasteiger partial charge is 0.309 e. The number of hydrogen-bond donors (Lipinski definition) is 0. The van der Waals surface area contributed by atoms with Crippen molar-refractivity contribution >= 4 is 65.3 Å². The number of para-hydroxylation sites is 2. The molecule has 0 spiro atoms. The Hall–Kier alpha value is -6.97. The minimum atomic E-state index is 1.05. The van der Waals surface area contributed by atoms with Crippen LogP contribution >= 0.6 is 0 Å². The van der Waals surface area contributed by atoms with E-state index in [9.17, 15) is 0 Å². The molecule has 0 radical (unpaired) electrons. The molecule has 0 aliphatic heterocycles. The Morgan fingerprint density at radius 1 is 0.346 bits per heavy atom. The Morgan fingerprint density at radius 2 is 1.04 bits per heavy atom. The summed E-state index contributed by atoms with van der Waals surface area (Å²) in [6.07, 6.45) is 1.93. The van der Waals surface area contributed by atoms with E-state index in [4.69, 9.17) is 0 Å². The minimum Gasteiger partial charge on any atom is -0.309 e. The lowest BCUT2D eigenvalue weighted by atomic mass is 9.99. The van der Waals surface area contributed by atoms with E-state index in [1.54, 1.807) is 0 Å². The maximum Gasteiger partial charge on any atom is 0.0714 e. The number of rotatable bonds is 3. The zero-order chi connectivity index (χ0) is 33.9. The number of nitrogens with zero attached hydrogens (tertiary/aromatic N) is 3. The van der Waals surface area contributed by atoms with Gasteiger partial charge in [0.25, 0.3) is 0 Å². The monoisotopic (exact) mass is 659 g/mol. The number of aromatic nitrogens is 3. The average Bonchev–Trinajstić information content (AvgIpc) is 3.84. The molecular weight excluding hydrogens is 631 g/mol. The number of benzene rings is 8. The zero-order valence-corrected chi connectivity index (χ0v) is 28.1. The van der Waals surface area contributed by atoms with Crippen molar-refractivity contribution in [1.82, 2.24) is 14.1 Å². The summed E-state index contributed by atoms with van der Waals surface area (Å²) in [5.41, 5.74) is 15.7. The molecule has 8 aromatic carbocycles. The predicted molar refractivity (Wildman–Crippen MR) is 218 cm³/mol. The molecule has 0 saturated heterocycles. The molecule has 1 aliphatic carbocycles. The van der Waals surface area contributed by atoms with Crippen LogP contribution in [0.3, 0.4) is 0 Å². The van der Waals surface area contributed by atoms with Crippen molar-refractivity contribution in [3.63, 3.8) is 0 Å². The van der Waals surface area contributed by atoms with Gasteiger partial charge in [0.1, 0.15) is 0 Å². The van der Waals surface area contributed by atoms with Crippen LogP contribution in [0.25, 0.3) is 110 Å². The summed E-state index contributed by atoms with van der Waals surface area (Å²) in [4.78, 5) is 4.68. The van der Waals surface area contributed by atoms with Gasteiger partial charge in [-0.2, -0.15) is 0 Å². The average molecular weight is 660 g/mol. The van der Waals surface area contributed by atoms with E-state index >= 15 is 0 Å². The van der Waals surface area contributed by atoms with Crippen molar-refractivity contribution in [2.45, 2.75) is 0 Å². The summed E-state index contributed by atoms with van der Waals surface area (Å²) < 4.78 is 4.84. The van der Waals surface area contributed by atoms with Gasteiger partial charge in [-0.1, -0.05) is 97.1 Å². The van der Waals surface area contributed by atoms with Gasteiger partial charge >= 0.3 is 0 Å². The first-order valence-corrected chi connectivity index (χ1v) is 17.9. The van der Waals surface area contributed by atoms with Crippen molar-refractivity contribution < 1.29 is 0 Å². The fourth-order valence-corrected chi connectivity index (χ4v) is 9.04. The highest BCUT2D eigenvalue weighted by atomic mass is 15.0. The lowest BCUT2D eigenvalue weighted by Gasteiger charge is -2.12. The second-order valence-electron chi connectivity index (χ2n) is 14.0. The number of hydrogen-bond acceptors (Lipinski definition) is 1. The SMILES string of the molecule is c1ccc(-n2c3ccccc3c3cc(-c4ccc5c(c4)c4c6ccccc6ccc4n5-c4ccc5c(c4)-c4cccc6nccc-5c46)ccc32)cc1. The molecule has 0 atom stereocenters. The fraction of sp³-hybridized carbons (Fsp3) is 0. The van der Waals surface area contributed by atoms with Gasteiger partial charge in [0, 0.05) is 44.5 Å². The standard InChI is InChI=1S/C49H29N3/c1-2-10-33(11-3-1)51-44-16-7-6-13-37(44)41-27-31(18-22-45(41)51)32-19-23-46-42(28-32)49-35-12-5-4-9-30(35)17-24-47(49)52(46)34-20-21-36-39-25-26-50-43-15-8-14-38(48(39)43)40(36)29-34/h1-29H. The highest BCUT2D eigenvalue weighted by Crippen LogP contribution is 2.48. The molecule has 0 N–H and O–H groups in total. The normalized spacial score (nSPS) is 12.2. The van der Waals surface area contributed by atoms with E-state index in [0.29, 0.717) is 0 Å². The van der Waals surface area contributed by atoms with Crippen LogP contribution in [0, 0.1) is 0 Å². The van der Waals surface area contributed by atoms with Gasteiger partial charge in [-0.05, 0) is 117 Å². The first-order chi connectivity index (χ1) is 25.8. The third-order valence-corrected chi connectivity index (χ3v) is 11.3. The Balaban J connectivity index is 1.10. The van der Waals surface area contributed by atoms with E-state index in [-0.39, 0.29) is 0 Å². The van der Waals surface area contributed by atoms with Crippen LogP contribution in [0.1, 0.15) is 0 Å². The van der Waals surface area contributed by atoms with Gasteiger partial charge < -0.3 is 9.13 Å². The third kappa shape index (κ3) is 3.72. The van der Waals surface area contributed by atoms with Crippen LogP contribution in [0.5, 0.6) is 0 Å². The van der Waals surface area contributed by atoms with Crippen LogP contribution in [-0.4, -0.2) is 14.1 Å². The second kappa shape index (κ2) is 10.3. The number of fused-ring (bicyclic) bond motifs is 11. The first kappa shape index (κ1) is 27.8. The molecule has 0 saturated carbocycles. The quantitative estimate of drug-likeness (QED) is 0.185. The Labute approximate surface area is 299 Å². The van der Waals surface area contributed by atoms with Gasteiger partial charge in [-0.15, -0.1) is 0 Å². The molecule has 11 aromatic rings. The van der Waals surface area contributed by atoms with Gasteiger partial charge in [-0.3, -0.25) is 4.98 Å². The molecule has 3 heterocycles. The van der Waals surface area contributed by atoms with Crippen LogP contribution in [-0.2, 0) is 0 Å². The summed E-state index contributed by atoms with van der Waals surface area (Å²) in [5.74, 6) is 0. The zero-order valence-electron chi connectivity index (χ0n) is 28.1. The van der Waals surface area contributed by atoms with E-state index in [0.717, 1.165) is 11.2 Å². The summed E-state index contributed by atoms with van der Waals surface area (Å²) in [5, 5.41) is 8.83.